The molecule has 1 aromatic carbocycles. The highest BCUT2D eigenvalue weighted by Gasteiger charge is 2.17. The van der Waals surface area contributed by atoms with Gasteiger partial charge in [-0.05, 0) is 50.5 Å². The number of ether oxygens (including phenoxy) is 1. The molecule has 9 nitrogen and oxygen atoms in total. The molecular formula is C22H30N8O. The van der Waals surface area contributed by atoms with Crippen molar-refractivity contribution in [2.75, 3.05) is 13.2 Å². The molecule has 31 heavy (non-hydrogen) atoms. The highest BCUT2D eigenvalue weighted by Crippen LogP contribution is 2.17. The molecule has 4 rings (SSSR count). The standard InChI is InChI=1S/C22H30N8O/c1-16(18-7-4-8-19(13-18)30-11-6-10-25-30)26-22(23-14-20-9-5-12-31-20)24-15-21-28-27-17(2)29(21)3/h4,6-8,10-11,13,16,20H,5,9,12,14-15H2,1-3H3,(H2,23,24,26). The molecular weight excluding hydrogens is 392 g/mol. The lowest BCUT2D eigenvalue weighted by molar-refractivity contribution is 0.113. The topological polar surface area (TPSA) is 94.2 Å². The summed E-state index contributed by atoms with van der Waals surface area (Å²) >= 11 is 0. The highest BCUT2D eigenvalue weighted by atomic mass is 16.5. The molecule has 2 atom stereocenters. The van der Waals surface area contributed by atoms with Gasteiger partial charge in [0.05, 0.1) is 17.8 Å². The smallest absolute Gasteiger partial charge is 0.192 e. The first-order valence-corrected chi connectivity index (χ1v) is 10.7. The number of benzene rings is 1. The van der Waals surface area contributed by atoms with Gasteiger partial charge in [-0.2, -0.15) is 5.10 Å². The van der Waals surface area contributed by atoms with Gasteiger partial charge in [0.2, 0.25) is 0 Å². The number of nitrogens with one attached hydrogen (secondary N) is 2. The zero-order chi connectivity index (χ0) is 21.6. The van der Waals surface area contributed by atoms with Crippen LogP contribution in [0.3, 0.4) is 0 Å². The van der Waals surface area contributed by atoms with Gasteiger partial charge < -0.3 is 19.9 Å². The monoisotopic (exact) mass is 422 g/mol. The van der Waals surface area contributed by atoms with Crippen molar-refractivity contribution in [1.29, 1.82) is 0 Å². The molecule has 164 valence electrons. The Labute approximate surface area is 182 Å². The molecule has 0 bridgehead atoms. The summed E-state index contributed by atoms with van der Waals surface area (Å²) in [7, 11) is 1.95. The van der Waals surface area contributed by atoms with Crippen LogP contribution in [0.2, 0.25) is 0 Å². The van der Waals surface area contributed by atoms with Crippen LogP contribution in [0, 0.1) is 6.92 Å². The van der Waals surface area contributed by atoms with Gasteiger partial charge in [0, 0.05) is 32.6 Å². The third-order valence-electron chi connectivity index (χ3n) is 5.57. The quantitative estimate of drug-likeness (QED) is 0.448. The van der Waals surface area contributed by atoms with Crippen molar-refractivity contribution < 1.29 is 4.74 Å². The summed E-state index contributed by atoms with van der Waals surface area (Å²) in [5.41, 5.74) is 2.17. The van der Waals surface area contributed by atoms with E-state index < -0.39 is 0 Å². The first kappa shape index (κ1) is 21.0. The third kappa shape index (κ3) is 5.29. The highest BCUT2D eigenvalue weighted by molar-refractivity contribution is 5.80. The Balaban J connectivity index is 1.48. The Bertz CT molecular complexity index is 1000. The lowest BCUT2D eigenvalue weighted by atomic mass is 10.1. The molecule has 3 aromatic rings. The fourth-order valence-corrected chi connectivity index (χ4v) is 3.55. The van der Waals surface area contributed by atoms with E-state index in [0.717, 1.165) is 54.9 Å². The number of guanidine groups is 1. The second kappa shape index (κ2) is 9.74. The van der Waals surface area contributed by atoms with Crippen LogP contribution in [0.15, 0.2) is 47.7 Å². The van der Waals surface area contributed by atoms with E-state index in [4.69, 9.17) is 9.73 Å². The maximum Gasteiger partial charge on any atom is 0.192 e. The van der Waals surface area contributed by atoms with E-state index in [-0.39, 0.29) is 12.1 Å². The van der Waals surface area contributed by atoms with Gasteiger partial charge in [0.15, 0.2) is 11.8 Å². The summed E-state index contributed by atoms with van der Waals surface area (Å²) in [6.07, 6.45) is 6.13. The molecule has 1 fully saturated rings. The minimum atomic E-state index is 0.0486. The van der Waals surface area contributed by atoms with E-state index in [0.29, 0.717) is 6.54 Å². The first-order valence-electron chi connectivity index (χ1n) is 10.7. The number of aryl methyl sites for hydroxylation is 1. The Morgan fingerprint density at radius 2 is 2.23 bits per heavy atom. The van der Waals surface area contributed by atoms with Crippen molar-refractivity contribution in [3.05, 3.63) is 59.9 Å². The average molecular weight is 423 g/mol. The lowest BCUT2D eigenvalue weighted by Crippen LogP contribution is -2.42. The second-order valence-corrected chi connectivity index (χ2v) is 7.81. The number of rotatable bonds is 7. The Hall–Kier alpha value is -3.20. The van der Waals surface area contributed by atoms with Gasteiger partial charge in [0.1, 0.15) is 12.4 Å². The third-order valence-corrected chi connectivity index (χ3v) is 5.57. The van der Waals surface area contributed by atoms with Crippen LogP contribution in [-0.2, 0) is 18.3 Å². The minimum Gasteiger partial charge on any atom is -0.376 e. The average Bonchev–Trinajstić information content (AvgIpc) is 3.55. The molecule has 0 aliphatic carbocycles. The predicted octanol–water partition coefficient (Wildman–Crippen LogP) is 2.28. The van der Waals surface area contributed by atoms with E-state index >= 15 is 0 Å². The number of hydrogen-bond donors (Lipinski definition) is 2. The molecule has 1 aliphatic rings. The molecule has 2 aromatic heterocycles. The van der Waals surface area contributed by atoms with Crippen LogP contribution in [0.4, 0.5) is 0 Å². The minimum absolute atomic E-state index is 0.0486. The summed E-state index contributed by atoms with van der Waals surface area (Å²) in [5, 5.41) is 19.6. The van der Waals surface area contributed by atoms with Crippen LogP contribution in [0.5, 0.6) is 0 Å². The van der Waals surface area contributed by atoms with E-state index in [9.17, 15) is 0 Å². The molecule has 9 heteroatoms. The molecule has 3 heterocycles. The molecule has 2 unspecified atom stereocenters. The Morgan fingerprint density at radius 3 is 2.94 bits per heavy atom. The summed E-state index contributed by atoms with van der Waals surface area (Å²) in [6, 6.07) is 10.3. The maximum atomic E-state index is 5.75. The summed E-state index contributed by atoms with van der Waals surface area (Å²) < 4.78 is 9.57. The maximum absolute atomic E-state index is 5.75. The van der Waals surface area contributed by atoms with Gasteiger partial charge in [-0.1, -0.05) is 12.1 Å². The van der Waals surface area contributed by atoms with Crippen LogP contribution >= 0.6 is 0 Å². The number of hydrogen-bond acceptors (Lipinski definition) is 5. The normalized spacial score (nSPS) is 17.6. The van der Waals surface area contributed by atoms with Crippen molar-refractivity contribution in [2.24, 2.45) is 12.0 Å². The van der Waals surface area contributed by atoms with Crippen LogP contribution in [0.1, 0.15) is 43.0 Å². The van der Waals surface area contributed by atoms with Crippen molar-refractivity contribution in [2.45, 2.75) is 45.4 Å². The molecule has 2 N–H and O–H groups in total. The van der Waals surface area contributed by atoms with Crippen molar-refractivity contribution >= 4 is 5.96 Å². The molecule has 0 spiro atoms. The molecule has 0 saturated carbocycles. The molecule has 1 aliphatic heterocycles. The van der Waals surface area contributed by atoms with E-state index in [1.54, 1.807) is 6.20 Å². The van der Waals surface area contributed by atoms with Gasteiger partial charge in [0.25, 0.3) is 0 Å². The number of aliphatic imine (C=N–C) groups is 1. The molecule has 0 amide bonds. The summed E-state index contributed by atoms with van der Waals surface area (Å²) in [4.78, 5) is 4.76. The zero-order valence-corrected chi connectivity index (χ0v) is 18.3. The second-order valence-electron chi connectivity index (χ2n) is 7.81. The lowest BCUT2D eigenvalue weighted by Gasteiger charge is -2.20. The van der Waals surface area contributed by atoms with Crippen LogP contribution in [-0.4, -0.2) is 49.8 Å². The largest absolute Gasteiger partial charge is 0.376 e. The SMILES string of the molecule is Cc1nnc(CN=C(NCC2CCCO2)NC(C)c2cccc(-n3cccn3)c2)n1C. The Morgan fingerprint density at radius 1 is 1.32 bits per heavy atom. The van der Waals surface area contributed by atoms with E-state index in [1.165, 1.54) is 0 Å². The fraction of sp³-hybridized carbons (Fsp3) is 0.455. The zero-order valence-electron chi connectivity index (χ0n) is 18.3. The van der Waals surface area contributed by atoms with Gasteiger partial charge in [-0.25, -0.2) is 9.67 Å². The first-order chi connectivity index (χ1) is 15.1. The van der Waals surface area contributed by atoms with Gasteiger partial charge in [-0.3, -0.25) is 0 Å². The molecule has 1 saturated heterocycles. The number of nitrogens with zero attached hydrogens (tertiary/aromatic N) is 6. The van der Waals surface area contributed by atoms with E-state index in [1.807, 2.05) is 47.6 Å². The van der Waals surface area contributed by atoms with Crippen molar-refractivity contribution in [1.82, 2.24) is 35.2 Å². The summed E-state index contributed by atoms with van der Waals surface area (Å²) in [6.45, 7) is 6.06. The van der Waals surface area contributed by atoms with Gasteiger partial charge in [-0.15, -0.1) is 10.2 Å². The number of aromatic nitrogens is 5. The van der Waals surface area contributed by atoms with Crippen molar-refractivity contribution in [3.63, 3.8) is 0 Å². The fourth-order valence-electron chi connectivity index (χ4n) is 3.55. The van der Waals surface area contributed by atoms with Crippen molar-refractivity contribution in [3.8, 4) is 5.69 Å². The van der Waals surface area contributed by atoms with Crippen LogP contribution in [0.25, 0.3) is 5.69 Å². The summed E-state index contributed by atoms with van der Waals surface area (Å²) in [5.74, 6) is 2.42. The van der Waals surface area contributed by atoms with Crippen LogP contribution < -0.4 is 10.6 Å². The van der Waals surface area contributed by atoms with Gasteiger partial charge >= 0.3 is 0 Å². The van der Waals surface area contributed by atoms with E-state index in [2.05, 4.69) is 45.0 Å². The molecule has 0 radical (unpaired) electrons. The Kier molecular flexibility index (Phi) is 6.61. The predicted molar refractivity (Wildman–Crippen MR) is 119 cm³/mol.